The number of nitrogens with one attached hydrogen (secondary N) is 1. The topological polar surface area (TPSA) is 42.0 Å². The number of amides is 1. The minimum atomic E-state index is 0.149. The average Bonchev–Trinajstić information content (AvgIpc) is 2.49. The van der Waals surface area contributed by atoms with Gasteiger partial charge in [0.05, 0.1) is 6.04 Å². The average molecular weight is 323 g/mol. The Hall–Kier alpha value is -1.58. The Morgan fingerprint density at radius 1 is 1.00 bits per heavy atom. The Balaban J connectivity index is 0.000000194. The number of carbonyl (C=O) groups is 1. The van der Waals surface area contributed by atoms with Gasteiger partial charge in [-0.1, -0.05) is 35.3 Å². The largest absolute Gasteiger partial charge is 0.349 e. The van der Waals surface area contributed by atoms with Gasteiger partial charge in [0.1, 0.15) is 0 Å². The van der Waals surface area contributed by atoms with Gasteiger partial charge >= 0.3 is 0 Å². The number of hydrogen-bond acceptors (Lipinski definition) is 2. The Labute approximate surface area is 134 Å². The molecule has 0 aliphatic carbocycles. The zero-order valence-electron chi connectivity index (χ0n) is 11.4. The number of halogens is 2. The lowest BCUT2D eigenvalue weighted by Gasteiger charge is -2.23. The number of rotatable bonds is 1. The van der Waals surface area contributed by atoms with Crippen LogP contribution in [0.2, 0.25) is 10.0 Å². The number of hydrogen-bond donors (Lipinski definition) is 1. The fraction of sp³-hybridized carbons (Fsp3) is 0.250. The van der Waals surface area contributed by atoms with E-state index in [2.05, 4.69) is 10.3 Å². The van der Waals surface area contributed by atoms with Crippen molar-refractivity contribution in [2.75, 3.05) is 0 Å². The molecule has 1 fully saturated rings. The summed E-state index contributed by atoms with van der Waals surface area (Å²) in [7, 11) is 0. The second-order valence-corrected chi connectivity index (χ2v) is 5.60. The summed E-state index contributed by atoms with van der Waals surface area (Å²) in [6, 6.07) is 11.3. The lowest BCUT2D eigenvalue weighted by Crippen LogP contribution is -2.32. The summed E-state index contributed by atoms with van der Waals surface area (Å²) in [6.45, 7) is 0. The monoisotopic (exact) mass is 322 g/mol. The van der Waals surface area contributed by atoms with Crippen LogP contribution in [0.4, 0.5) is 0 Å². The molecule has 1 aliphatic heterocycles. The highest BCUT2D eigenvalue weighted by atomic mass is 35.5. The molecule has 1 aromatic heterocycles. The molecule has 1 aliphatic rings. The predicted molar refractivity (Wildman–Crippen MR) is 85.4 cm³/mol. The Morgan fingerprint density at radius 3 is 2.14 bits per heavy atom. The van der Waals surface area contributed by atoms with Crippen LogP contribution in [0.25, 0.3) is 0 Å². The van der Waals surface area contributed by atoms with Crippen LogP contribution in [-0.4, -0.2) is 10.9 Å². The normalized spacial score (nSPS) is 17.4. The second-order valence-electron chi connectivity index (χ2n) is 4.73. The van der Waals surface area contributed by atoms with Gasteiger partial charge in [0.2, 0.25) is 5.91 Å². The van der Waals surface area contributed by atoms with E-state index in [0.717, 1.165) is 28.5 Å². The van der Waals surface area contributed by atoms with E-state index in [9.17, 15) is 4.79 Å². The molecule has 0 bridgehead atoms. The molecule has 1 atom stereocenters. The van der Waals surface area contributed by atoms with Crippen molar-refractivity contribution in [2.45, 2.75) is 25.3 Å². The van der Waals surface area contributed by atoms with E-state index >= 15 is 0 Å². The molecule has 110 valence electrons. The number of pyridine rings is 1. The summed E-state index contributed by atoms with van der Waals surface area (Å²) in [5.41, 5.74) is 1.14. The smallest absolute Gasteiger partial charge is 0.220 e. The third kappa shape index (κ3) is 5.37. The van der Waals surface area contributed by atoms with Gasteiger partial charge in [-0.2, -0.15) is 0 Å². The molecule has 0 saturated carbocycles. The van der Waals surface area contributed by atoms with Crippen LogP contribution in [0.3, 0.4) is 0 Å². The highest BCUT2D eigenvalue weighted by Gasteiger charge is 2.19. The first kappa shape index (κ1) is 15.8. The van der Waals surface area contributed by atoms with Gasteiger partial charge in [-0.15, -0.1) is 0 Å². The molecular formula is C16H16Cl2N2O. The molecule has 0 radical (unpaired) electrons. The molecule has 5 heteroatoms. The number of carbonyl (C=O) groups excluding carboxylic acids is 1. The molecule has 1 unspecified atom stereocenters. The molecular weight excluding hydrogens is 307 g/mol. The Morgan fingerprint density at radius 2 is 1.62 bits per heavy atom. The molecule has 1 N–H and O–H groups in total. The van der Waals surface area contributed by atoms with Crippen LogP contribution < -0.4 is 5.32 Å². The van der Waals surface area contributed by atoms with E-state index in [-0.39, 0.29) is 11.9 Å². The minimum Gasteiger partial charge on any atom is -0.349 e. The molecule has 1 amide bonds. The zero-order valence-corrected chi connectivity index (χ0v) is 12.9. The summed E-state index contributed by atoms with van der Waals surface area (Å²) in [5.74, 6) is 0.149. The van der Waals surface area contributed by atoms with Crippen molar-refractivity contribution < 1.29 is 4.79 Å². The zero-order chi connectivity index (χ0) is 15.1. The number of piperidine rings is 1. The van der Waals surface area contributed by atoms with Crippen molar-refractivity contribution in [3.8, 4) is 0 Å². The molecule has 1 saturated heterocycles. The summed E-state index contributed by atoms with van der Waals surface area (Å²) in [4.78, 5) is 14.9. The fourth-order valence-electron chi connectivity index (χ4n) is 2.08. The quantitative estimate of drug-likeness (QED) is 0.844. The Bertz CT molecular complexity index is 573. The standard InChI is InChI=1S/C11H12ClNO.C5H4ClN/c12-9-6-4-8(5-7-9)10-2-1-3-11(14)13-10;6-5-1-3-7-4-2-5/h4-7,10H,1-3H2,(H,13,14);1-4H. The van der Waals surface area contributed by atoms with Crippen molar-refractivity contribution >= 4 is 29.1 Å². The van der Waals surface area contributed by atoms with Crippen molar-refractivity contribution in [3.05, 3.63) is 64.4 Å². The van der Waals surface area contributed by atoms with E-state index in [1.807, 2.05) is 24.3 Å². The lowest BCUT2D eigenvalue weighted by atomic mass is 9.97. The van der Waals surface area contributed by atoms with Gasteiger partial charge in [-0.25, -0.2) is 0 Å². The number of nitrogens with zero attached hydrogens (tertiary/aromatic N) is 1. The van der Waals surface area contributed by atoms with Crippen LogP contribution in [-0.2, 0) is 4.79 Å². The minimum absolute atomic E-state index is 0.149. The third-order valence-electron chi connectivity index (χ3n) is 3.14. The van der Waals surface area contributed by atoms with Crippen molar-refractivity contribution in [1.82, 2.24) is 10.3 Å². The van der Waals surface area contributed by atoms with E-state index in [1.165, 1.54) is 0 Å². The number of aromatic nitrogens is 1. The summed E-state index contributed by atoms with van der Waals surface area (Å²) >= 11 is 11.3. The second kappa shape index (κ2) is 8.01. The van der Waals surface area contributed by atoms with Gasteiger partial charge < -0.3 is 5.32 Å². The van der Waals surface area contributed by atoms with Crippen molar-refractivity contribution in [2.24, 2.45) is 0 Å². The van der Waals surface area contributed by atoms with E-state index in [4.69, 9.17) is 23.2 Å². The molecule has 2 aromatic rings. The third-order valence-corrected chi connectivity index (χ3v) is 3.65. The SMILES string of the molecule is Clc1ccncc1.O=C1CCCC(c2ccc(Cl)cc2)N1. The van der Waals surface area contributed by atoms with Crippen LogP contribution in [0.5, 0.6) is 0 Å². The van der Waals surface area contributed by atoms with Crippen LogP contribution >= 0.6 is 23.2 Å². The van der Waals surface area contributed by atoms with E-state index < -0.39 is 0 Å². The maximum Gasteiger partial charge on any atom is 0.220 e. The molecule has 0 spiro atoms. The Kier molecular flexibility index (Phi) is 6.03. The van der Waals surface area contributed by atoms with E-state index in [0.29, 0.717) is 6.42 Å². The summed E-state index contributed by atoms with van der Waals surface area (Å²) in [6.07, 6.45) is 5.96. The van der Waals surface area contributed by atoms with Crippen LogP contribution in [0, 0.1) is 0 Å². The molecule has 1 aromatic carbocycles. The lowest BCUT2D eigenvalue weighted by molar-refractivity contribution is -0.123. The highest BCUT2D eigenvalue weighted by Crippen LogP contribution is 2.24. The summed E-state index contributed by atoms with van der Waals surface area (Å²) < 4.78 is 0. The van der Waals surface area contributed by atoms with E-state index in [1.54, 1.807) is 24.5 Å². The number of benzene rings is 1. The molecule has 3 nitrogen and oxygen atoms in total. The maximum atomic E-state index is 11.2. The van der Waals surface area contributed by atoms with Crippen molar-refractivity contribution in [3.63, 3.8) is 0 Å². The van der Waals surface area contributed by atoms with Gasteiger partial charge in [0.25, 0.3) is 0 Å². The van der Waals surface area contributed by atoms with Gasteiger partial charge in [-0.3, -0.25) is 9.78 Å². The fourth-order valence-corrected chi connectivity index (χ4v) is 2.32. The van der Waals surface area contributed by atoms with Gasteiger partial charge in [-0.05, 0) is 42.7 Å². The van der Waals surface area contributed by atoms with Gasteiger partial charge in [0.15, 0.2) is 0 Å². The first-order valence-electron chi connectivity index (χ1n) is 6.75. The first-order chi connectivity index (χ1) is 10.1. The van der Waals surface area contributed by atoms with Crippen LogP contribution in [0.1, 0.15) is 30.9 Å². The molecule has 3 rings (SSSR count). The molecule has 21 heavy (non-hydrogen) atoms. The van der Waals surface area contributed by atoms with Crippen LogP contribution in [0.15, 0.2) is 48.8 Å². The predicted octanol–water partition coefficient (Wildman–Crippen LogP) is 4.42. The first-order valence-corrected chi connectivity index (χ1v) is 7.51. The van der Waals surface area contributed by atoms with Gasteiger partial charge in [0, 0.05) is 28.9 Å². The molecule has 2 heterocycles. The summed E-state index contributed by atoms with van der Waals surface area (Å²) in [5, 5.41) is 4.43. The highest BCUT2D eigenvalue weighted by molar-refractivity contribution is 6.30. The van der Waals surface area contributed by atoms with Crippen molar-refractivity contribution in [1.29, 1.82) is 0 Å². The maximum absolute atomic E-state index is 11.2.